The molecule has 8 heavy (non-hydrogen) atoms. The van der Waals surface area contributed by atoms with Gasteiger partial charge in [-0.15, -0.1) is 11.8 Å². The van der Waals surface area contributed by atoms with E-state index in [0.29, 0.717) is 5.41 Å². The maximum atomic E-state index is 8.39. The molecule has 0 unspecified atom stereocenters. The van der Waals surface area contributed by atoms with Crippen LogP contribution in [-0.4, -0.2) is 16.8 Å². The van der Waals surface area contributed by atoms with Crippen molar-refractivity contribution >= 4 is 11.8 Å². The number of thioether (sulfide) groups is 1. The molecule has 50 valence electrons. The third-order valence-electron chi connectivity index (χ3n) is 0.626. The zero-order valence-corrected chi connectivity index (χ0v) is 6.59. The molecule has 0 aromatic heterocycles. The van der Waals surface area contributed by atoms with E-state index < -0.39 is 0 Å². The highest BCUT2D eigenvalue weighted by Gasteiger charge is 2.08. The van der Waals surface area contributed by atoms with Crippen LogP contribution in [0.2, 0.25) is 0 Å². The molecule has 0 aromatic rings. The molecule has 0 bridgehead atoms. The Kier molecular flexibility index (Phi) is 3.49. The average Bonchev–Trinajstić information content (AvgIpc) is 1.59. The van der Waals surface area contributed by atoms with E-state index in [4.69, 9.17) is 5.11 Å². The van der Waals surface area contributed by atoms with Gasteiger partial charge in [0.25, 0.3) is 0 Å². The lowest BCUT2D eigenvalue weighted by Crippen LogP contribution is -2.08. The summed E-state index contributed by atoms with van der Waals surface area (Å²) in [4.78, 5) is 0. The smallest absolute Gasteiger partial charge is 0.0886 e. The first-order valence-corrected chi connectivity index (χ1v) is 3.90. The summed E-state index contributed by atoms with van der Waals surface area (Å²) in [5.74, 6) is 1.28. The summed E-state index contributed by atoms with van der Waals surface area (Å²) in [5.41, 5.74) is 0.355. The number of aliphatic hydroxyl groups is 1. The topological polar surface area (TPSA) is 20.2 Å². The largest absolute Gasteiger partial charge is 0.386 e. The summed E-state index contributed by atoms with van der Waals surface area (Å²) < 4.78 is 0. The Morgan fingerprint density at radius 1 is 1.38 bits per heavy atom. The Labute approximate surface area is 55.5 Å². The van der Waals surface area contributed by atoms with Gasteiger partial charge in [-0.3, -0.25) is 0 Å². The van der Waals surface area contributed by atoms with Crippen molar-refractivity contribution in [1.29, 1.82) is 0 Å². The van der Waals surface area contributed by atoms with E-state index in [1.807, 2.05) is 0 Å². The van der Waals surface area contributed by atoms with Crippen LogP contribution in [0.5, 0.6) is 0 Å². The summed E-state index contributed by atoms with van der Waals surface area (Å²) in [6, 6.07) is 0. The molecule has 0 radical (unpaired) electrons. The van der Waals surface area contributed by atoms with Gasteiger partial charge in [0.1, 0.15) is 0 Å². The number of aliphatic hydroxyl groups excluding tert-OH is 1. The van der Waals surface area contributed by atoms with Crippen LogP contribution in [0.25, 0.3) is 0 Å². The molecule has 0 aromatic carbocycles. The fraction of sp³-hybridized carbons (Fsp3) is 1.00. The lowest BCUT2D eigenvalue weighted by atomic mass is 10.0. The van der Waals surface area contributed by atoms with Gasteiger partial charge in [0.2, 0.25) is 0 Å². The van der Waals surface area contributed by atoms with E-state index >= 15 is 0 Å². The van der Waals surface area contributed by atoms with Crippen molar-refractivity contribution in [2.24, 2.45) is 5.41 Å². The zero-order chi connectivity index (χ0) is 6.62. The third kappa shape index (κ3) is 6.31. The zero-order valence-electron chi connectivity index (χ0n) is 5.77. The van der Waals surface area contributed by atoms with Crippen LogP contribution in [0.3, 0.4) is 0 Å². The molecule has 0 fully saturated rings. The van der Waals surface area contributed by atoms with Crippen LogP contribution in [-0.2, 0) is 0 Å². The first-order valence-electron chi connectivity index (χ1n) is 2.75. The van der Waals surface area contributed by atoms with Crippen molar-refractivity contribution < 1.29 is 5.11 Å². The van der Waals surface area contributed by atoms with E-state index in [1.165, 1.54) is 0 Å². The summed E-state index contributed by atoms with van der Waals surface area (Å²) in [5, 5.41) is 8.39. The van der Waals surface area contributed by atoms with Gasteiger partial charge in [0.15, 0.2) is 0 Å². The van der Waals surface area contributed by atoms with Crippen LogP contribution in [0.4, 0.5) is 0 Å². The highest BCUT2D eigenvalue weighted by Crippen LogP contribution is 2.18. The van der Waals surface area contributed by atoms with Crippen molar-refractivity contribution in [3.05, 3.63) is 0 Å². The Morgan fingerprint density at radius 2 is 1.88 bits per heavy atom. The molecular formula is C6H14OS. The molecule has 0 heterocycles. The Balaban J connectivity index is 3.11. The fourth-order valence-electron chi connectivity index (χ4n) is 0.352. The molecule has 0 saturated heterocycles. The summed E-state index contributed by atoms with van der Waals surface area (Å²) in [6.07, 6.45) is 0. The normalized spacial score (nSPS) is 12.0. The molecule has 0 aliphatic carbocycles. The SMILES string of the molecule is CC(C)(C)CSCO. The van der Waals surface area contributed by atoms with Crippen LogP contribution in [0, 0.1) is 5.41 Å². The molecule has 0 amide bonds. The fourth-order valence-corrected chi connectivity index (χ4v) is 1.06. The van der Waals surface area contributed by atoms with Crippen molar-refractivity contribution in [3.63, 3.8) is 0 Å². The van der Waals surface area contributed by atoms with E-state index in [1.54, 1.807) is 11.8 Å². The van der Waals surface area contributed by atoms with Crippen LogP contribution >= 0.6 is 11.8 Å². The summed E-state index contributed by atoms with van der Waals surface area (Å²) >= 11 is 1.57. The average molecular weight is 134 g/mol. The van der Waals surface area contributed by atoms with Crippen molar-refractivity contribution in [2.45, 2.75) is 20.8 Å². The van der Waals surface area contributed by atoms with Gasteiger partial charge in [-0.1, -0.05) is 20.8 Å². The Morgan fingerprint density at radius 3 is 2.00 bits per heavy atom. The van der Waals surface area contributed by atoms with Gasteiger partial charge in [-0.2, -0.15) is 0 Å². The van der Waals surface area contributed by atoms with Gasteiger partial charge in [-0.05, 0) is 5.41 Å². The molecule has 0 aliphatic heterocycles. The molecule has 1 nitrogen and oxygen atoms in total. The quantitative estimate of drug-likeness (QED) is 0.580. The van der Waals surface area contributed by atoms with Crippen molar-refractivity contribution in [2.75, 3.05) is 11.7 Å². The Bertz CT molecular complexity index is 56.0. The standard InChI is InChI=1S/C6H14OS/c1-6(2,3)4-8-5-7/h7H,4-5H2,1-3H3. The minimum absolute atomic E-state index is 0.247. The second-order valence-corrected chi connectivity index (χ2v) is 3.99. The van der Waals surface area contributed by atoms with Gasteiger partial charge in [0.05, 0.1) is 5.94 Å². The van der Waals surface area contributed by atoms with Crippen LogP contribution < -0.4 is 0 Å². The number of hydrogen-bond acceptors (Lipinski definition) is 2. The molecule has 0 saturated carbocycles. The molecule has 0 rings (SSSR count). The van der Waals surface area contributed by atoms with E-state index in [2.05, 4.69) is 20.8 Å². The van der Waals surface area contributed by atoms with Gasteiger partial charge < -0.3 is 5.11 Å². The second kappa shape index (κ2) is 3.36. The third-order valence-corrected chi connectivity index (χ3v) is 1.88. The summed E-state index contributed by atoms with van der Waals surface area (Å²) in [7, 11) is 0. The molecule has 0 spiro atoms. The number of hydrogen-bond donors (Lipinski definition) is 1. The molecular weight excluding hydrogens is 120 g/mol. The van der Waals surface area contributed by atoms with Gasteiger partial charge in [0, 0.05) is 5.75 Å². The minimum Gasteiger partial charge on any atom is -0.386 e. The maximum absolute atomic E-state index is 8.39. The minimum atomic E-state index is 0.247. The molecule has 0 aliphatic rings. The molecule has 2 heteroatoms. The lowest BCUT2D eigenvalue weighted by Gasteiger charge is -2.15. The van der Waals surface area contributed by atoms with Crippen LogP contribution in [0.1, 0.15) is 20.8 Å². The predicted molar refractivity (Wildman–Crippen MR) is 39.0 cm³/mol. The lowest BCUT2D eigenvalue weighted by molar-refractivity contribution is 0.372. The van der Waals surface area contributed by atoms with Gasteiger partial charge >= 0.3 is 0 Å². The van der Waals surface area contributed by atoms with E-state index in [-0.39, 0.29) is 5.94 Å². The molecule has 0 atom stereocenters. The first kappa shape index (κ1) is 8.31. The number of rotatable bonds is 2. The van der Waals surface area contributed by atoms with E-state index in [9.17, 15) is 0 Å². The predicted octanol–water partition coefficient (Wildman–Crippen LogP) is 1.72. The maximum Gasteiger partial charge on any atom is 0.0886 e. The first-order chi connectivity index (χ1) is 3.56. The molecule has 1 N–H and O–H groups in total. The van der Waals surface area contributed by atoms with Crippen molar-refractivity contribution in [1.82, 2.24) is 0 Å². The summed E-state index contributed by atoms with van der Waals surface area (Å²) in [6.45, 7) is 6.49. The van der Waals surface area contributed by atoms with Gasteiger partial charge in [-0.25, -0.2) is 0 Å². The monoisotopic (exact) mass is 134 g/mol. The Hall–Kier alpha value is 0.310. The highest BCUT2D eigenvalue weighted by atomic mass is 32.2. The van der Waals surface area contributed by atoms with Crippen molar-refractivity contribution in [3.8, 4) is 0 Å². The van der Waals surface area contributed by atoms with E-state index in [0.717, 1.165) is 5.75 Å². The van der Waals surface area contributed by atoms with Crippen LogP contribution in [0.15, 0.2) is 0 Å². The second-order valence-electron chi connectivity index (χ2n) is 3.04. The highest BCUT2D eigenvalue weighted by molar-refractivity contribution is 7.99.